The highest BCUT2D eigenvalue weighted by Crippen LogP contribution is 2.60. The summed E-state index contributed by atoms with van der Waals surface area (Å²) in [4.78, 5) is 0. The molecule has 2 heterocycles. The zero-order chi connectivity index (χ0) is 41.7. The molecule has 4 aliphatic rings. The number of hydrogen-bond donors (Lipinski definition) is 0. The number of fused-ring (bicyclic) bond motifs is 8. The normalized spacial score (nSPS) is 18.6. The fraction of sp³-hybridized carbons (Fsp3) is 0.0345. The Kier molecular flexibility index (Phi) is 9.01. The van der Waals surface area contributed by atoms with E-state index in [0.717, 1.165) is 89.4 Å². The molecule has 2 aliphatic heterocycles. The van der Waals surface area contributed by atoms with Crippen molar-refractivity contribution in [1.29, 1.82) is 0 Å². The van der Waals surface area contributed by atoms with Gasteiger partial charge in [-0.15, -0.1) is 0 Å². The Bertz CT molecular complexity index is 2880. The highest BCUT2D eigenvalue weighted by atomic mass is 19.1. The summed E-state index contributed by atoms with van der Waals surface area (Å²) in [5.74, 6) is 1.14. The molecule has 0 saturated carbocycles. The van der Waals surface area contributed by atoms with Crippen LogP contribution in [0.2, 0.25) is 0 Å². The Morgan fingerprint density at radius 3 is 0.968 bits per heavy atom. The second-order valence-corrected chi connectivity index (χ2v) is 15.8. The van der Waals surface area contributed by atoms with E-state index in [4.69, 9.17) is 9.47 Å². The van der Waals surface area contributed by atoms with Gasteiger partial charge in [0, 0.05) is 44.5 Å². The molecule has 0 spiro atoms. The van der Waals surface area contributed by atoms with Crippen molar-refractivity contribution in [3.05, 3.63) is 274 Å². The molecule has 8 aromatic carbocycles. The van der Waals surface area contributed by atoms with Gasteiger partial charge < -0.3 is 9.47 Å². The molecule has 8 aromatic rings. The molecule has 2 nitrogen and oxygen atoms in total. The van der Waals surface area contributed by atoms with E-state index < -0.39 is 11.2 Å². The van der Waals surface area contributed by atoms with Gasteiger partial charge in [0.05, 0.1) is 0 Å². The van der Waals surface area contributed by atoms with Crippen LogP contribution in [0.15, 0.2) is 206 Å². The molecular weight excluding hydrogens is 767 g/mol. The third kappa shape index (κ3) is 6.06. The third-order valence-corrected chi connectivity index (χ3v) is 12.3. The first-order valence-electron chi connectivity index (χ1n) is 20.8. The third-order valence-electron chi connectivity index (χ3n) is 12.3. The van der Waals surface area contributed by atoms with Crippen LogP contribution in [0.1, 0.15) is 55.6 Å². The maximum atomic E-state index is 13.9. The summed E-state index contributed by atoms with van der Waals surface area (Å²) < 4.78 is 41.5. The van der Waals surface area contributed by atoms with Gasteiger partial charge in [-0.25, -0.2) is 8.78 Å². The van der Waals surface area contributed by atoms with Crippen molar-refractivity contribution >= 4 is 46.6 Å². The number of rotatable bonds is 4. The molecule has 2 aliphatic carbocycles. The predicted molar refractivity (Wildman–Crippen MR) is 248 cm³/mol. The first kappa shape index (κ1) is 37.2. The first-order chi connectivity index (χ1) is 30.5. The van der Waals surface area contributed by atoms with Crippen molar-refractivity contribution < 1.29 is 18.3 Å². The maximum absolute atomic E-state index is 13.9. The molecule has 12 rings (SSSR count). The molecule has 0 bridgehead atoms. The van der Waals surface area contributed by atoms with E-state index in [0.29, 0.717) is 0 Å². The minimum Gasteiger partial charge on any atom is -0.472 e. The molecular formula is C58H38F2O2. The van der Waals surface area contributed by atoms with Gasteiger partial charge in [0.25, 0.3) is 0 Å². The molecule has 0 amide bonds. The van der Waals surface area contributed by atoms with Crippen molar-refractivity contribution in [2.45, 2.75) is 11.2 Å². The second-order valence-electron chi connectivity index (χ2n) is 15.8. The van der Waals surface area contributed by atoms with Gasteiger partial charge in [0.2, 0.25) is 0 Å². The van der Waals surface area contributed by atoms with Crippen LogP contribution in [0.3, 0.4) is 0 Å². The molecule has 0 aromatic heterocycles. The summed E-state index contributed by atoms with van der Waals surface area (Å²) in [5, 5.41) is 0. The Hall–Kier alpha value is -7.82. The average Bonchev–Trinajstić information content (AvgIpc) is 3.71. The lowest BCUT2D eigenvalue weighted by atomic mass is 9.76. The van der Waals surface area contributed by atoms with E-state index in [1.54, 1.807) is 0 Å². The molecule has 0 fully saturated rings. The lowest BCUT2D eigenvalue weighted by Crippen LogP contribution is -2.32. The van der Waals surface area contributed by atoms with Gasteiger partial charge in [-0.2, -0.15) is 0 Å². The van der Waals surface area contributed by atoms with E-state index in [1.807, 2.05) is 97.1 Å². The fourth-order valence-corrected chi connectivity index (χ4v) is 9.42. The Morgan fingerprint density at radius 1 is 0.290 bits per heavy atom. The van der Waals surface area contributed by atoms with Crippen LogP contribution in [-0.2, 0) is 11.2 Å². The molecule has 62 heavy (non-hydrogen) atoms. The molecule has 0 unspecified atom stereocenters. The van der Waals surface area contributed by atoms with Crippen LogP contribution in [-0.4, -0.2) is 0 Å². The van der Waals surface area contributed by atoms with E-state index in [9.17, 15) is 8.78 Å². The van der Waals surface area contributed by atoms with Crippen molar-refractivity contribution in [1.82, 2.24) is 0 Å². The van der Waals surface area contributed by atoms with Crippen LogP contribution >= 0.6 is 0 Å². The second kappa shape index (κ2) is 15.0. The number of hydrogen-bond acceptors (Lipinski definition) is 2. The van der Waals surface area contributed by atoms with E-state index in [-0.39, 0.29) is 11.6 Å². The largest absolute Gasteiger partial charge is 0.472 e. The van der Waals surface area contributed by atoms with Crippen molar-refractivity contribution in [3.63, 3.8) is 0 Å². The number of ether oxygens (including phenoxy) is 2. The molecule has 0 radical (unpaired) electrons. The van der Waals surface area contributed by atoms with Crippen molar-refractivity contribution in [2.24, 2.45) is 0 Å². The van der Waals surface area contributed by atoms with Crippen LogP contribution in [0.5, 0.6) is 11.5 Å². The lowest BCUT2D eigenvalue weighted by molar-refractivity contribution is 0.213. The SMILES string of the molecule is Fc1ccc([C@@]23Oc4ccccc4C2=Cc2ccccc2C=C3c2ccccc2)cc1.Fc1ccc([C@]23Oc4ccccc4C2=Cc2ccccc2C=C3c2ccccc2)cc1. The van der Waals surface area contributed by atoms with Crippen molar-refractivity contribution in [2.75, 3.05) is 0 Å². The Labute approximate surface area is 359 Å². The van der Waals surface area contributed by atoms with Gasteiger partial charge in [0.15, 0.2) is 11.2 Å². The lowest BCUT2D eigenvalue weighted by Gasteiger charge is -2.34. The zero-order valence-electron chi connectivity index (χ0n) is 33.5. The number of halogens is 2. The molecule has 0 saturated heterocycles. The van der Waals surface area contributed by atoms with Gasteiger partial charge >= 0.3 is 0 Å². The first-order valence-corrected chi connectivity index (χ1v) is 20.8. The summed E-state index contributed by atoms with van der Waals surface area (Å²) in [6.45, 7) is 0. The van der Waals surface area contributed by atoms with Gasteiger partial charge in [-0.05, 0) is 94.1 Å². The van der Waals surface area contributed by atoms with Gasteiger partial charge in [-0.3, -0.25) is 0 Å². The number of benzene rings is 8. The highest BCUT2D eigenvalue weighted by molar-refractivity contribution is 6.09. The summed E-state index contributed by atoms with van der Waals surface area (Å²) in [7, 11) is 0. The highest BCUT2D eigenvalue weighted by Gasteiger charge is 2.51. The van der Waals surface area contributed by atoms with Gasteiger partial charge in [-0.1, -0.05) is 170 Å². The zero-order valence-corrected chi connectivity index (χ0v) is 33.5. The van der Waals surface area contributed by atoms with Crippen LogP contribution in [0.4, 0.5) is 8.78 Å². The monoisotopic (exact) mass is 804 g/mol. The molecule has 0 N–H and O–H groups in total. The average molecular weight is 805 g/mol. The van der Waals surface area contributed by atoms with E-state index >= 15 is 0 Å². The standard InChI is InChI=1S/2C29H19FO/c2*30-24-16-14-23(15-17-24)29-26(20-8-2-1-3-9-20)18-21-10-4-5-11-22(21)19-27(29)25-12-6-7-13-28(25)31-29/h2*1-19H/t2*29-/m10/s1. The predicted octanol–water partition coefficient (Wildman–Crippen LogP) is 14.4. The maximum Gasteiger partial charge on any atom is 0.185 e. The minimum atomic E-state index is -0.877. The van der Waals surface area contributed by atoms with E-state index in [2.05, 4.69) is 109 Å². The van der Waals surface area contributed by atoms with Gasteiger partial charge in [0.1, 0.15) is 23.1 Å². The van der Waals surface area contributed by atoms with Crippen molar-refractivity contribution in [3.8, 4) is 11.5 Å². The summed E-state index contributed by atoms with van der Waals surface area (Å²) in [6.07, 6.45) is 8.86. The molecule has 2 atom stereocenters. The molecule has 296 valence electrons. The van der Waals surface area contributed by atoms with Crippen LogP contribution in [0.25, 0.3) is 46.6 Å². The topological polar surface area (TPSA) is 18.5 Å². The quantitative estimate of drug-likeness (QED) is 0.176. The summed E-state index contributed by atoms with van der Waals surface area (Å²) in [6, 6.07) is 67.0. The Morgan fingerprint density at radius 2 is 0.597 bits per heavy atom. The van der Waals surface area contributed by atoms with E-state index in [1.165, 1.54) is 24.3 Å². The summed E-state index contributed by atoms with van der Waals surface area (Å²) in [5.41, 5.74) is 13.0. The number of para-hydroxylation sites is 2. The molecule has 4 heteroatoms. The smallest absolute Gasteiger partial charge is 0.185 e. The fourth-order valence-electron chi connectivity index (χ4n) is 9.42. The Balaban J connectivity index is 0.000000139. The van der Waals surface area contributed by atoms with Crippen LogP contribution in [0, 0.1) is 11.6 Å². The van der Waals surface area contributed by atoms with Crippen LogP contribution < -0.4 is 9.47 Å². The summed E-state index contributed by atoms with van der Waals surface area (Å²) >= 11 is 0. The minimum absolute atomic E-state index is 0.261.